The van der Waals surface area contributed by atoms with Crippen molar-refractivity contribution in [3.05, 3.63) is 99.3 Å². The number of fused-ring (bicyclic) bond motifs is 1. The van der Waals surface area contributed by atoms with E-state index >= 15 is 0 Å². The van der Waals surface area contributed by atoms with Gasteiger partial charge in [0.05, 0.1) is 25.4 Å². The fourth-order valence-electron chi connectivity index (χ4n) is 4.36. The molecule has 8 heteroatoms. The van der Waals surface area contributed by atoms with Crippen molar-refractivity contribution in [3.8, 4) is 23.0 Å². The van der Waals surface area contributed by atoms with Crippen molar-refractivity contribution in [2.75, 3.05) is 27.4 Å². The summed E-state index contributed by atoms with van der Waals surface area (Å²) in [7, 11) is 3.14. The van der Waals surface area contributed by atoms with Gasteiger partial charge < -0.3 is 18.9 Å². The number of hydrogen-bond donors (Lipinski definition) is 0. The molecular formula is C29H24FNO5S. The summed E-state index contributed by atoms with van der Waals surface area (Å²) in [6, 6.07) is 16.7. The molecule has 0 radical (unpaired) electrons. The highest BCUT2D eigenvalue weighted by Crippen LogP contribution is 2.47. The van der Waals surface area contributed by atoms with Crippen LogP contribution in [0.1, 0.15) is 32.1 Å². The molecule has 0 bridgehead atoms. The van der Waals surface area contributed by atoms with Gasteiger partial charge in [-0.15, -0.1) is 11.3 Å². The number of hydrogen-bond acceptors (Lipinski definition) is 7. The Morgan fingerprint density at radius 1 is 0.865 bits per heavy atom. The van der Waals surface area contributed by atoms with Crippen LogP contribution in [0.15, 0.2) is 66.2 Å². The predicted octanol–water partition coefficient (Wildman–Crippen LogP) is 6.22. The zero-order chi connectivity index (χ0) is 25.9. The van der Waals surface area contributed by atoms with E-state index in [0.29, 0.717) is 56.5 Å². The largest absolute Gasteiger partial charge is 0.493 e. The minimum Gasteiger partial charge on any atom is -0.493 e. The van der Waals surface area contributed by atoms with Gasteiger partial charge in [0.15, 0.2) is 17.3 Å². The first-order valence-corrected chi connectivity index (χ1v) is 12.5. The predicted molar refractivity (Wildman–Crippen MR) is 140 cm³/mol. The van der Waals surface area contributed by atoms with Gasteiger partial charge in [0.2, 0.25) is 0 Å². The number of nitrogens with zero attached hydrogens (tertiary/aromatic N) is 1. The van der Waals surface area contributed by atoms with Gasteiger partial charge in [0.1, 0.15) is 30.5 Å². The van der Waals surface area contributed by atoms with Gasteiger partial charge in [-0.2, -0.15) is 0 Å². The fourth-order valence-corrected chi connectivity index (χ4v) is 4.95. The number of carbonyl (C=O) groups is 1. The molecule has 0 saturated heterocycles. The average molecular weight is 518 g/mol. The molecular weight excluding hydrogens is 493 g/mol. The van der Waals surface area contributed by atoms with E-state index in [2.05, 4.69) is 4.98 Å². The standard InChI is InChI=1S/C29H24FNO5S/c1-17-28(31-16-37-17)27-25(18-7-9-19(30)10-8-18)29(32)21-5-4-6-23(26(21)27)36-14-13-35-20-11-12-22(33-2)24(15-20)34-3/h4-12,15-16H,13-14H2,1-3H3. The summed E-state index contributed by atoms with van der Waals surface area (Å²) in [5, 5.41) is 0. The van der Waals surface area contributed by atoms with Gasteiger partial charge >= 0.3 is 0 Å². The number of thiazole rings is 1. The first-order chi connectivity index (χ1) is 18.0. The Labute approximate surface area is 217 Å². The SMILES string of the molecule is COc1ccc(OCCOc2cccc3c2C(c2ncsc2C)=C(c2ccc(F)cc2)C3=O)cc1OC. The topological polar surface area (TPSA) is 66.9 Å². The van der Waals surface area contributed by atoms with E-state index in [0.717, 1.165) is 4.88 Å². The highest BCUT2D eigenvalue weighted by atomic mass is 32.1. The maximum absolute atomic E-state index is 13.7. The molecule has 5 rings (SSSR count). The normalized spacial score (nSPS) is 12.5. The second kappa shape index (κ2) is 10.4. The van der Waals surface area contributed by atoms with Crippen LogP contribution in [0.4, 0.5) is 4.39 Å². The number of aromatic nitrogens is 1. The Bertz CT molecular complexity index is 1490. The number of carbonyl (C=O) groups excluding carboxylic acids is 1. The molecule has 0 aliphatic heterocycles. The molecule has 1 aromatic heterocycles. The third-order valence-electron chi connectivity index (χ3n) is 6.08. The van der Waals surface area contributed by atoms with Gasteiger partial charge in [-0.05, 0) is 42.8 Å². The summed E-state index contributed by atoms with van der Waals surface area (Å²) >= 11 is 1.50. The van der Waals surface area contributed by atoms with Gasteiger partial charge in [0.25, 0.3) is 0 Å². The Morgan fingerprint density at radius 2 is 1.62 bits per heavy atom. The molecule has 4 aromatic rings. The van der Waals surface area contributed by atoms with Crippen LogP contribution in [-0.4, -0.2) is 38.2 Å². The van der Waals surface area contributed by atoms with Crippen molar-refractivity contribution in [3.63, 3.8) is 0 Å². The summed E-state index contributed by atoms with van der Waals surface area (Å²) in [6.45, 7) is 2.48. The summed E-state index contributed by atoms with van der Waals surface area (Å²) in [4.78, 5) is 19.1. The van der Waals surface area contributed by atoms with Crippen LogP contribution in [0.25, 0.3) is 11.1 Å². The summed E-state index contributed by atoms with van der Waals surface area (Å²) in [5.41, 5.74) is 5.50. The fraction of sp³-hybridized carbons (Fsp3) is 0.172. The molecule has 188 valence electrons. The van der Waals surface area contributed by atoms with Crippen LogP contribution in [0.5, 0.6) is 23.0 Å². The number of rotatable bonds is 9. The van der Waals surface area contributed by atoms with Crippen molar-refractivity contribution >= 4 is 28.3 Å². The maximum atomic E-state index is 13.7. The third-order valence-corrected chi connectivity index (χ3v) is 6.83. The quantitative estimate of drug-likeness (QED) is 0.246. The number of benzene rings is 3. The van der Waals surface area contributed by atoms with Crippen LogP contribution in [0.2, 0.25) is 0 Å². The number of methoxy groups -OCH3 is 2. The Kier molecular flexibility index (Phi) is 6.92. The monoisotopic (exact) mass is 517 g/mol. The number of aryl methyl sites for hydroxylation is 1. The molecule has 6 nitrogen and oxygen atoms in total. The van der Waals surface area contributed by atoms with E-state index in [1.807, 2.05) is 13.0 Å². The second-order valence-electron chi connectivity index (χ2n) is 8.24. The molecule has 0 amide bonds. The lowest BCUT2D eigenvalue weighted by molar-refractivity contribution is 0.105. The molecule has 1 aliphatic rings. The number of ketones is 1. The van der Waals surface area contributed by atoms with Crippen molar-refractivity contribution in [2.24, 2.45) is 0 Å². The van der Waals surface area contributed by atoms with Crippen LogP contribution in [-0.2, 0) is 0 Å². The first-order valence-electron chi connectivity index (χ1n) is 11.6. The highest BCUT2D eigenvalue weighted by Gasteiger charge is 2.35. The van der Waals surface area contributed by atoms with E-state index in [1.54, 1.807) is 62.2 Å². The molecule has 3 aromatic carbocycles. The van der Waals surface area contributed by atoms with E-state index < -0.39 is 0 Å². The molecule has 37 heavy (non-hydrogen) atoms. The molecule has 0 saturated carbocycles. The second-order valence-corrected chi connectivity index (χ2v) is 9.29. The minimum atomic E-state index is -0.364. The van der Waals surface area contributed by atoms with Gasteiger partial charge in [-0.3, -0.25) is 4.79 Å². The lowest BCUT2D eigenvalue weighted by Crippen LogP contribution is -2.10. The average Bonchev–Trinajstić information content (AvgIpc) is 3.47. The maximum Gasteiger partial charge on any atom is 0.195 e. The van der Waals surface area contributed by atoms with Crippen LogP contribution < -0.4 is 18.9 Å². The van der Waals surface area contributed by atoms with Crippen molar-refractivity contribution in [1.82, 2.24) is 4.98 Å². The third kappa shape index (κ3) is 4.68. The van der Waals surface area contributed by atoms with E-state index in [9.17, 15) is 9.18 Å². The zero-order valence-electron chi connectivity index (χ0n) is 20.5. The van der Waals surface area contributed by atoms with Crippen molar-refractivity contribution in [1.29, 1.82) is 0 Å². The summed E-state index contributed by atoms with van der Waals surface area (Å²) in [5.74, 6) is 1.85. The van der Waals surface area contributed by atoms with Gasteiger partial charge in [-0.25, -0.2) is 9.37 Å². The molecule has 0 spiro atoms. The van der Waals surface area contributed by atoms with Gasteiger partial charge in [0, 0.05) is 33.2 Å². The highest BCUT2D eigenvalue weighted by molar-refractivity contribution is 7.09. The molecule has 1 aliphatic carbocycles. The Balaban J connectivity index is 1.44. The number of allylic oxidation sites excluding steroid dienone is 1. The summed E-state index contributed by atoms with van der Waals surface area (Å²) < 4.78 is 36.2. The molecule has 1 heterocycles. The minimum absolute atomic E-state index is 0.143. The van der Waals surface area contributed by atoms with Crippen molar-refractivity contribution < 1.29 is 28.1 Å². The Hall–Kier alpha value is -4.17. The Morgan fingerprint density at radius 3 is 2.32 bits per heavy atom. The molecule has 0 atom stereocenters. The van der Waals surface area contributed by atoms with Crippen molar-refractivity contribution in [2.45, 2.75) is 6.92 Å². The molecule has 0 unspecified atom stereocenters. The molecule has 0 N–H and O–H groups in total. The molecule has 0 fully saturated rings. The van der Waals surface area contributed by atoms with Crippen LogP contribution in [0.3, 0.4) is 0 Å². The number of ether oxygens (including phenoxy) is 4. The summed E-state index contributed by atoms with van der Waals surface area (Å²) in [6.07, 6.45) is 0. The number of halogens is 1. The van der Waals surface area contributed by atoms with E-state index in [4.69, 9.17) is 18.9 Å². The number of Topliss-reactive ketones (excluding diaryl/α,β-unsaturated/α-hetero) is 1. The van der Waals surface area contributed by atoms with E-state index in [1.165, 1.54) is 23.5 Å². The smallest absolute Gasteiger partial charge is 0.195 e. The first kappa shape index (κ1) is 24.5. The van der Waals surface area contributed by atoms with Crippen LogP contribution in [0, 0.1) is 12.7 Å². The van der Waals surface area contributed by atoms with Crippen LogP contribution >= 0.6 is 11.3 Å². The lowest BCUT2D eigenvalue weighted by Gasteiger charge is -2.14. The van der Waals surface area contributed by atoms with Gasteiger partial charge in [-0.1, -0.05) is 24.3 Å². The zero-order valence-corrected chi connectivity index (χ0v) is 21.4. The van der Waals surface area contributed by atoms with E-state index in [-0.39, 0.29) is 24.8 Å². The lowest BCUT2D eigenvalue weighted by atomic mass is 9.97.